The van der Waals surface area contributed by atoms with Crippen LogP contribution in [0.1, 0.15) is 29.3 Å². The molecule has 2 aromatic carbocycles. The Morgan fingerprint density at radius 2 is 1.71 bits per heavy atom. The lowest BCUT2D eigenvalue weighted by Crippen LogP contribution is -2.28. The van der Waals surface area contributed by atoms with E-state index < -0.39 is 9.84 Å². The van der Waals surface area contributed by atoms with Crippen LogP contribution in [0.2, 0.25) is 0 Å². The maximum atomic E-state index is 12.4. The van der Waals surface area contributed by atoms with Crippen molar-refractivity contribution in [2.24, 2.45) is 5.73 Å². The van der Waals surface area contributed by atoms with Crippen molar-refractivity contribution < 1.29 is 13.2 Å². The summed E-state index contributed by atoms with van der Waals surface area (Å²) >= 11 is 0. The lowest BCUT2D eigenvalue weighted by Gasteiger charge is -2.08. The third-order valence-electron chi connectivity index (χ3n) is 3.56. The molecule has 0 saturated heterocycles. The topological polar surface area (TPSA) is 89.3 Å². The van der Waals surface area contributed by atoms with E-state index in [0.29, 0.717) is 18.5 Å². The van der Waals surface area contributed by atoms with Gasteiger partial charge in [-0.3, -0.25) is 4.79 Å². The molecule has 0 aromatic heterocycles. The van der Waals surface area contributed by atoms with Crippen LogP contribution in [-0.4, -0.2) is 26.9 Å². The van der Waals surface area contributed by atoms with Gasteiger partial charge < -0.3 is 11.1 Å². The standard InChI is InChI=1S/C18H22N2O3S/c1-14(19)11-12-20-18(21)16-7-9-17(10-8-16)24(22,23)13-15-5-3-2-4-6-15/h2-10,14H,11-13,19H2,1H3,(H,20,21). The van der Waals surface area contributed by atoms with Crippen molar-refractivity contribution in [1.29, 1.82) is 0 Å². The Morgan fingerprint density at radius 3 is 2.29 bits per heavy atom. The van der Waals surface area contributed by atoms with Gasteiger partial charge in [-0.05, 0) is 43.2 Å². The second kappa shape index (κ2) is 8.08. The van der Waals surface area contributed by atoms with Crippen LogP contribution in [0.25, 0.3) is 0 Å². The Morgan fingerprint density at radius 1 is 1.08 bits per heavy atom. The Balaban J connectivity index is 2.04. The molecular formula is C18H22N2O3S. The average molecular weight is 346 g/mol. The Labute approximate surface area is 142 Å². The van der Waals surface area contributed by atoms with Gasteiger partial charge in [-0.15, -0.1) is 0 Å². The highest BCUT2D eigenvalue weighted by molar-refractivity contribution is 7.90. The number of amides is 1. The summed E-state index contributed by atoms with van der Waals surface area (Å²) in [5, 5.41) is 2.76. The lowest BCUT2D eigenvalue weighted by atomic mass is 10.2. The molecule has 5 nitrogen and oxygen atoms in total. The molecule has 0 fully saturated rings. The summed E-state index contributed by atoms with van der Waals surface area (Å²) < 4.78 is 24.8. The van der Waals surface area contributed by atoms with Crippen molar-refractivity contribution in [1.82, 2.24) is 5.32 Å². The number of sulfone groups is 1. The molecule has 0 bridgehead atoms. The Kier molecular flexibility index (Phi) is 6.11. The van der Waals surface area contributed by atoms with E-state index in [1.165, 1.54) is 24.3 Å². The molecule has 0 aliphatic heterocycles. The highest BCUT2D eigenvalue weighted by Gasteiger charge is 2.16. The fourth-order valence-electron chi connectivity index (χ4n) is 2.21. The summed E-state index contributed by atoms with van der Waals surface area (Å²) in [7, 11) is -3.43. The molecule has 1 atom stereocenters. The van der Waals surface area contributed by atoms with E-state index in [1.807, 2.05) is 13.0 Å². The van der Waals surface area contributed by atoms with E-state index >= 15 is 0 Å². The molecular weight excluding hydrogens is 324 g/mol. The molecule has 1 unspecified atom stereocenters. The normalized spacial score (nSPS) is 12.6. The van der Waals surface area contributed by atoms with E-state index in [2.05, 4.69) is 5.32 Å². The van der Waals surface area contributed by atoms with E-state index in [1.54, 1.807) is 24.3 Å². The van der Waals surface area contributed by atoms with Crippen LogP contribution in [0.4, 0.5) is 0 Å². The molecule has 0 saturated carbocycles. The fourth-order valence-corrected chi connectivity index (χ4v) is 3.55. The van der Waals surface area contributed by atoms with Crippen molar-refractivity contribution in [3.05, 3.63) is 65.7 Å². The van der Waals surface area contributed by atoms with Crippen LogP contribution in [0.15, 0.2) is 59.5 Å². The Hall–Kier alpha value is -2.18. The van der Waals surface area contributed by atoms with Crippen molar-refractivity contribution in [2.45, 2.75) is 30.0 Å². The zero-order valence-corrected chi connectivity index (χ0v) is 14.4. The molecule has 1 amide bonds. The van der Waals surface area contributed by atoms with Crippen molar-refractivity contribution in [3.8, 4) is 0 Å². The SMILES string of the molecule is CC(N)CCNC(=O)c1ccc(S(=O)(=O)Cc2ccccc2)cc1. The van der Waals surface area contributed by atoms with Crippen molar-refractivity contribution in [2.75, 3.05) is 6.54 Å². The lowest BCUT2D eigenvalue weighted by molar-refractivity contribution is 0.0952. The van der Waals surface area contributed by atoms with Crippen LogP contribution in [0.3, 0.4) is 0 Å². The minimum atomic E-state index is -3.43. The van der Waals surface area contributed by atoms with Crippen molar-refractivity contribution in [3.63, 3.8) is 0 Å². The molecule has 0 spiro atoms. The number of benzene rings is 2. The van der Waals surface area contributed by atoms with Gasteiger partial charge in [0.25, 0.3) is 5.91 Å². The summed E-state index contributed by atoms with van der Waals surface area (Å²) in [5.74, 6) is -0.295. The average Bonchev–Trinajstić information content (AvgIpc) is 2.55. The summed E-state index contributed by atoms with van der Waals surface area (Å²) in [5.41, 5.74) is 6.79. The number of rotatable bonds is 7. The first-order valence-corrected chi connectivity index (χ1v) is 9.44. The molecule has 24 heavy (non-hydrogen) atoms. The number of carbonyl (C=O) groups is 1. The molecule has 0 aliphatic rings. The summed E-state index contributed by atoms with van der Waals surface area (Å²) in [4.78, 5) is 12.2. The monoisotopic (exact) mass is 346 g/mol. The van der Waals surface area contributed by atoms with E-state index in [0.717, 1.165) is 5.56 Å². The zero-order chi connectivity index (χ0) is 17.6. The number of hydrogen-bond donors (Lipinski definition) is 2. The minimum absolute atomic E-state index is 0.0239. The van der Waals surface area contributed by atoms with Gasteiger partial charge in [-0.1, -0.05) is 30.3 Å². The number of carbonyl (C=O) groups excluding carboxylic acids is 1. The van der Waals surface area contributed by atoms with Gasteiger partial charge in [-0.2, -0.15) is 0 Å². The fraction of sp³-hybridized carbons (Fsp3) is 0.278. The quantitative estimate of drug-likeness (QED) is 0.804. The third-order valence-corrected chi connectivity index (χ3v) is 5.26. The van der Waals surface area contributed by atoms with Crippen molar-refractivity contribution >= 4 is 15.7 Å². The number of nitrogens with one attached hydrogen (secondary N) is 1. The van der Waals surface area contributed by atoms with Crippen LogP contribution in [-0.2, 0) is 15.6 Å². The first-order valence-electron chi connectivity index (χ1n) is 7.79. The van der Waals surface area contributed by atoms with E-state index in [4.69, 9.17) is 5.73 Å². The predicted octanol–water partition coefficient (Wildman–Crippen LogP) is 2.13. The molecule has 0 aliphatic carbocycles. The summed E-state index contributed by atoms with van der Waals surface area (Å²) in [6, 6.07) is 15.0. The van der Waals surface area contributed by atoms with Crippen LogP contribution >= 0.6 is 0 Å². The van der Waals surface area contributed by atoms with Crippen LogP contribution < -0.4 is 11.1 Å². The first kappa shape index (κ1) is 18.2. The highest BCUT2D eigenvalue weighted by atomic mass is 32.2. The highest BCUT2D eigenvalue weighted by Crippen LogP contribution is 2.17. The maximum Gasteiger partial charge on any atom is 0.251 e. The minimum Gasteiger partial charge on any atom is -0.352 e. The van der Waals surface area contributed by atoms with Crippen LogP contribution in [0.5, 0.6) is 0 Å². The first-order chi connectivity index (χ1) is 11.4. The van der Waals surface area contributed by atoms with E-state index in [-0.39, 0.29) is 22.6 Å². The molecule has 128 valence electrons. The largest absolute Gasteiger partial charge is 0.352 e. The van der Waals surface area contributed by atoms with Crippen LogP contribution in [0, 0.1) is 0 Å². The second-order valence-corrected chi connectivity index (χ2v) is 7.78. The molecule has 3 N–H and O–H groups in total. The van der Waals surface area contributed by atoms with Gasteiger partial charge >= 0.3 is 0 Å². The zero-order valence-electron chi connectivity index (χ0n) is 13.6. The summed E-state index contributed by atoms with van der Waals surface area (Å²) in [6.07, 6.45) is 0.690. The Bertz CT molecular complexity index is 770. The van der Waals surface area contributed by atoms with Gasteiger partial charge in [0.2, 0.25) is 0 Å². The second-order valence-electron chi connectivity index (χ2n) is 5.79. The van der Waals surface area contributed by atoms with Gasteiger partial charge in [-0.25, -0.2) is 8.42 Å². The molecule has 2 aromatic rings. The molecule has 0 heterocycles. The molecule has 0 radical (unpaired) electrons. The van der Waals surface area contributed by atoms with E-state index in [9.17, 15) is 13.2 Å². The number of hydrogen-bond acceptors (Lipinski definition) is 4. The predicted molar refractivity (Wildman–Crippen MR) is 94.4 cm³/mol. The maximum absolute atomic E-state index is 12.4. The third kappa shape index (κ3) is 5.18. The van der Waals surface area contributed by atoms with Gasteiger partial charge in [0.15, 0.2) is 9.84 Å². The van der Waals surface area contributed by atoms with Gasteiger partial charge in [0.05, 0.1) is 10.6 Å². The smallest absolute Gasteiger partial charge is 0.251 e. The molecule has 6 heteroatoms. The number of nitrogens with two attached hydrogens (primary N) is 1. The summed E-state index contributed by atoms with van der Waals surface area (Å²) in [6.45, 7) is 2.36. The van der Waals surface area contributed by atoms with Gasteiger partial charge in [0.1, 0.15) is 0 Å². The molecule has 2 rings (SSSR count). The van der Waals surface area contributed by atoms with Gasteiger partial charge in [0, 0.05) is 18.2 Å².